The minimum absolute atomic E-state index is 0.172. The molecule has 1 N–H and O–H groups in total. The minimum Gasteiger partial charge on any atom is -0.389 e. The van der Waals surface area contributed by atoms with E-state index in [1.165, 1.54) is 0 Å². The van der Waals surface area contributed by atoms with Crippen molar-refractivity contribution in [2.24, 2.45) is 0 Å². The SMILES string of the molecule is Cc1nc(SC(C)(C)C)ccc1[C@H](C)O. The molecule has 1 aromatic rings. The van der Waals surface area contributed by atoms with Crippen molar-refractivity contribution in [3.05, 3.63) is 23.4 Å². The molecular weight excluding hydrogens is 206 g/mol. The third-order valence-electron chi connectivity index (χ3n) is 1.96. The van der Waals surface area contributed by atoms with Crippen LogP contribution in [0, 0.1) is 6.92 Å². The molecule has 0 saturated carbocycles. The number of rotatable bonds is 2. The molecule has 3 heteroatoms. The van der Waals surface area contributed by atoms with E-state index >= 15 is 0 Å². The molecule has 0 bridgehead atoms. The van der Waals surface area contributed by atoms with Gasteiger partial charge in [-0.25, -0.2) is 4.98 Å². The molecule has 1 rings (SSSR count). The van der Waals surface area contributed by atoms with Crippen molar-refractivity contribution in [3.63, 3.8) is 0 Å². The van der Waals surface area contributed by atoms with E-state index in [4.69, 9.17) is 0 Å². The van der Waals surface area contributed by atoms with E-state index < -0.39 is 6.10 Å². The van der Waals surface area contributed by atoms with Crippen LogP contribution >= 0.6 is 11.8 Å². The van der Waals surface area contributed by atoms with Crippen LogP contribution in [-0.2, 0) is 0 Å². The predicted octanol–water partition coefficient (Wildman–Crippen LogP) is 3.33. The normalized spacial score (nSPS) is 14.0. The average Bonchev–Trinajstić information content (AvgIpc) is 1.99. The monoisotopic (exact) mass is 225 g/mol. The summed E-state index contributed by atoms with van der Waals surface area (Å²) in [5.74, 6) is 0. The minimum atomic E-state index is -0.439. The van der Waals surface area contributed by atoms with E-state index in [-0.39, 0.29) is 4.75 Å². The van der Waals surface area contributed by atoms with Crippen LogP contribution in [0.5, 0.6) is 0 Å². The van der Waals surface area contributed by atoms with Gasteiger partial charge in [0.2, 0.25) is 0 Å². The molecule has 1 aromatic heterocycles. The Labute approximate surface area is 96.1 Å². The lowest BCUT2D eigenvalue weighted by Crippen LogP contribution is -2.08. The lowest BCUT2D eigenvalue weighted by Gasteiger charge is -2.18. The molecule has 1 atom stereocenters. The second-order valence-electron chi connectivity index (χ2n) is 4.71. The van der Waals surface area contributed by atoms with Gasteiger partial charge in [0.05, 0.1) is 11.1 Å². The lowest BCUT2D eigenvalue weighted by atomic mass is 10.1. The molecule has 0 aromatic carbocycles. The summed E-state index contributed by atoms with van der Waals surface area (Å²) < 4.78 is 0.172. The first-order valence-corrected chi connectivity index (χ1v) is 5.96. The van der Waals surface area contributed by atoms with Crippen LogP contribution in [0.3, 0.4) is 0 Å². The van der Waals surface area contributed by atoms with E-state index in [1.807, 2.05) is 19.1 Å². The molecule has 15 heavy (non-hydrogen) atoms. The van der Waals surface area contributed by atoms with Crippen molar-refractivity contribution < 1.29 is 5.11 Å². The number of thioether (sulfide) groups is 1. The van der Waals surface area contributed by atoms with Crippen molar-refractivity contribution in [2.45, 2.75) is 50.5 Å². The molecule has 84 valence electrons. The summed E-state index contributed by atoms with van der Waals surface area (Å²) >= 11 is 1.74. The van der Waals surface area contributed by atoms with Gasteiger partial charge in [-0.3, -0.25) is 0 Å². The van der Waals surface area contributed by atoms with Gasteiger partial charge in [0.15, 0.2) is 0 Å². The van der Waals surface area contributed by atoms with Gasteiger partial charge in [-0.1, -0.05) is 26.8 Å². The van der Waals surface area contributed by atoms with E-state index in [0.717, 1.165) is 16.3 Å². The Morgan fingerprint density at radius 2 is 1.93 bits per heavy atom. The number of aromatic nitrogens is 1. The summed E-state index contributed by atoms with van der Waals surface area (Å²) in [6.45, 7) is 10.2. The zero-order valence-corrected chi connectivity index (χ0v) is 10.9. The Morgan fingerprint density at radius 1 is 1.33 bits per heavy atom. The molecule has 2 nitrogen and oxygen atoms in total. The fourth-order valence-electron chi connectivity index (χ4n) is 1.36. The van der Waals surface area contributed by atoms with Crippen molar-refractivity contribution in [2.75, 3.05) is 0 Å². The summed E-state index contributed by atoms with van der Waals surface area (Å²) in [5, 5.41) is 10.5. The van der Waals surface area contributed by atoms with Gasteiger partial charge in [0.1, 0.15) is 0 Å². The van der Waals surface area contributed by atoms with Gasteiger partial charge < -0.3 is 5.11 Å². The van der Waals surface area contributed by atoms with E-state index in [1.54, 1.807) is 18.7 Å². The topological polar surface area (TPSA) is 33.1 Å². The second-order valence-corrected chi connectivity index (χ2v) is 6.56. The molecule has 0 amide bonds. The highest BCUT2D eigenvalue weighted by Crippen LogP contribution is 2.31. The first-order valence-electron chi connectivity index (χ1n) is 5.14. The molecule has 0 aliphatic carbocycles. The Bertz CT molecular complexity index is 342. The van der Waals surface area contributed by atoms with Crippen molar-refractivity contribution >= 4 is 11.8 Å². The molecular formula is C12H19NOS. The highest BCUT2D eigenvalue weighted by Gasteiger charge is 2.14. The highest BCUT2D eigenvalue weighted by atomic mass is 32.2. The van der Waals surface area contributed by atoms with Crippen LogP contribution in [0.15, 0.2) is 17.2 Å². The fourth-order valence-corrected chi connectivity index (χ4v) is 2.31. The maximum Gasteiger partial charge on any atom is 0.0968 e. The fraction of sp³-hybridized carbons (Fsp3) is 0.583. The maximum atomic E-state index is 9.48. The van der Waals surface area contributed by atoms with Crippen LogP contribution in [0.4, 0.5) is 0 Å². The Balaban J connectivity index is 2.92. The van der Waals surface area contributed by atoms with E-state index in [2.05, 4.69) is 25.8 Å². The predicted molar refractivity (Wildman–Crippen MR) is 65.2 cm³/mol. The first kappa shape index (κ1) is 12.5. The largest absolute Gasteiger partial charge is 0.389 e. The average molecular weight is 225 g/mol. The summed E-state index contributed by atoms with van der Waals surface area (Å²) in [6.07, 6.45) is -0.439. The van der Waals surface area contributed by atoms with Gasteiger partial charge in [0, 0.05) is 16.0 Å². The second kappa shape index (κ2) is 4.54. The molecule has 0 unspecified atom stereocenters. The van der Waals surface area contributed by atoms with Crippen LogP contribution in [-0.4, -0.2) is 14.8 Å². The quantitative estimate of drug-likeness (QED) is 0.784. The van der Waals surface area contributed by atoms with Crippen molar-refractivity contribution in [3.8, 4) is 0 Å². The molecule has 0 spiro atoms. The number of pyridine rings is 1. The molecule has 0 fully saturated rings. The maximum absolute atomic E-state index is 9.48. The van der Waals surface area contributed by atoms with E-state index in [9.17, 15) is 5.11 Å². The number of hydrogen-bond donors (Lipinski definition) is 1. The smallest absolute Gasteiger partial charge is 0.0968 e. The molecule has 0 radical (unpaired) electrons. The van der Waals surface area contributed by atoms with Crippen LogP contribution in [0.1, 0.15) is 45.1 Å². The molecule has 0 saturated heterocycles. The number of aliphatic hydroxyl groups is 1. The summed E-state index contributed by atoms with van der Waals surface area (Å²) in [6, 6.07) is 3.94. The number of hydrogen-bond acceptors (Lipinski definition) is 3. The van der Waals surface area contributed by atoms with Gasteiger partial charge in [-0.05, 0) is 19.9 Å². The van der Waals surface area contributed by atoms with Gasteiger partial charge >= 0.3 is 0 Å². The molecule has 0 aliphatic heterocycles. The van der Waals surface area contributed by atoms with Gasteiger partial charge in [0.25, 0.3) is 0 Å². The first-order chi connectivity index (χ1) is 6.79. The van der Waals surface area contributed by atoms with Crippen LogP contribution < -0.4 is 0 Å². The number of aryl methyl sites for hydroxylation is 1. The Morgan fingerprint density at radius 3 is 2.33 bits per heavy atom. The third kappa shape index (κ3) is 3.84. The van der Waals surface area contributed by atoms with Crippen LogP contribution in [0.25, 0.3) is 0 Å². The molecule has 0 aliphatic rings. The Hall–Kier alpha value is -0.540. The standard InChI is InChI=1S/C12H19NOS/c1-8-10(9(2)14)6-7-11(13-8)15-12(3,4)5/h6-7,9,14H,1-5H3/t9-/m0/s1. The van der Waals surface area contributed by atoms with Crippen molar-refractivity contribution in [1.29, 1.82) is 0 Å². The number of nitrogens with zero attached hydrogens (tertiary/aromatic N) is 1. The van der Waals surface area contributed by atoms with Crippen molar-refractivity contribution in [1.82, 2.24) is 4.98 Å². The highest BCUT2D eigenvalue weighted by molar-refractivity contribution is 8.00. The van der Waals surface area contributed by atoms with Crippen LogP contribution in [0.2, 0.25) is 0 Å². The third-order valence-corrected chi connectivity index (χ3v) is 3.01. The van der Waals surface area contributed by atoms with Gasteiger partial charge in [-0.15, -0.1) is 11.8 Å². The molecule has 1 heterocycles. The Kier molecular flexibility index (Phi) is 3.79. The summed E-state index contributed by atoms with van der Waals surface area (Å²) in [5.41, 5.74) is 1.83. The van der Waals surface area contributed by atoms with Gasteiger partial charge in [-0.2, -0.15) is 0 Å². The zero-order chi connectivity index (χ0) is 11.6. The van der Waals surface area contributed by atoms with E-state index in [0.29, 0.717) is 0 Å². The summed E-state index contributed by atoms with van der Waals surface area (Å²) in [7, 11) is 0. The lowest BCUT2D eigenvalue weighted by molar-refractivity contribution is 0.198. The number of aliphatic hydroxyl groups excluding tert-OH is 1. The summed E-state index contributed by atoms with van der Waals surface area (Å²) in [4.78, 5) is 4.48. The zero-order valence-electron chi connectivity index (χ0n) is 10.0.